The normalized spacial score (nSPS) is 19.6. The number of hydrogen-bond acceptors (Lipinski definition) is 5. The molecule has 1 aliphatic carbocycles. The van der Waals surface area contributed by atoms with Gasteiger partial charge in [-0.25, -0.2) is 0 Å². The topological polar surface area (TPSA) is 61.8 Å². The van der Waals surface area contributed by atoms with Crippen LogP contribution in [0.3, 0.4) is 0 Å². The van der Waals surface area contributed by atoms with E-state index in [1.165, 1.54) is 44.9 Å². The van der Waals surface area contributed by atoms with E-state index in [9.17, 15) is 9.59 Å². The van der Waals surface area contributed by atoms with Crippen molar-refractivity contribution in [3.8, 4) is 0 Å². The number of rotatable bonds is 15. The highest BCUT2D eigenvalue weighted by molar-refractivity contribution is 5.82. The Balaban J connectivity index is 2.16. The van der Waals surface area contributed by atoms with Crippen LogP contribution in [-0.4, -0.2) is 38.9 Å². The number of methoxy groups -OCH3 is 1. The zero-order chi connectivity index (χ0) is 19.7. The molecule has 158 valence electrons. The highest BCUT2D eigenvalue weighted by Gasteiger charge is 2.37. The van der Waals surface area contributed by atoms with Gasteiger partial charge in [0.25, 0.3) is 0 Å². The highest BCUT2D eigenvalue weighted by atomic mass is 16.6. The summed E-state index contributed by atoms with van der Waals surface area (Å²) in [6.07, 6.45) is 14.5. The van der Waals surface area contributed by atoms with Crippen molar-refractivity contribution in [1.29, 1.82) is 0 Å². The molecule has 0 aliphatic heterocycles. The van der Waals surface area contributed by atoms with E-state index in [0.717, 1.165) is 32.1 Å². The van der Waals surface area contributed by atoms with Crippen LogP contribution in [0.2, 0.25) is 0 Å². The van der Waals surface area contributed by atoms with Crippen molar-refractivity contribution in [2.45, 2.75) is 90.4 Å². The molecule has 2 atom stereocenters. The third kappa shape index (κ3) is 10.7. The molecule has 0 bridgehead atoms. The molecule has 5 heteroatoms. The lowest BCUT2D eigenvalue weighted by Crippen LogP contribution is -2.35. The van der Waals surface area contributed by atoms with Gasteiger partial charge in [-0.3, -0.25) is 9.59 Å². The first-order chi connectivity index (χ1) is 13.2. The van der Waals surface area contributed by atoms with Crippen molar-refractivity contribution >= 4 is 11.9 Å². The van der Waals surface area contributed by atoms with Crippen molar-refractivity contribution in [3.05, 3.63) is 0 Å². The first-order valence-electron chi connectivity index (χ1n) is 11.0. The molecule has 5 nitrogen and oxygen atoms in total. The van der Waals surface area contributed by atoms with Gasteiger partial charge in [0.05, 0.1) is 25.0 Å². The van der Waals surface area contributed by atoms with E-state index in [2.05, 4.69) is 6.92 Å². The van der Waals surface area contributed by atoms with Crippen LogP contribution in [0.1, 0.15) is 90.4 Å². The fraction of sp³-hybridized carbons (Fsp3) is 0.909. The Labute approximate surface area is 165 Å². The molecule has 2 unspecified atom stereocenters. The smallest absolute Gasteiger partial charge is 0.309 e. The first-order valence-corrected chi connectivity index (χ1v) is 11.0. The maximum Gasteiger partial charge on any atom is 0.309 e. The summed E-state index contributed by atoms with van der Waals surface area (Å²) in [7, 11) is 1.57. The largest absolute Gasteiger partial charge is 0.465 e. The van der Waals surface area contributed by atoms with E-state index in [1.807, 2.05) is 0 Å². The SMILES string of the molecule is CCCCCCCCCCCOC(=O)C1CCCCC1C(=O)OCCOC. The molecule has 1 saturated carbocycles. The average Bonchev–Trinajstić information content (AvgIpc) is 2.69. The van der Waals surface area contributed by atoms with Crippen molar-refractivity contribution in [2.75, 3.05) is 26.9 Å². The molecule has 0 amide bonds. The van der Waals surface area contributed by atoms with Gasteiger partial charge in [0.2, 0.25) is 0 Å². The lowest BCUT2D eigenvalue weighted by molar-refractivity contribution is -0.163. The summed E-state index contributed by atoms with van der Waals surface area (Å²) in [6.45, 7) is 3.33. The minimum Gasteiger partial charge on any atom is -0.465 e. The Hall–Kier alpha value is -1.10. The predicted octanol–water partition coefficient (Wildman–Crippen LogP) is 5.06. The number of ether oxygens (including phenoxy) is 3. The van der Waals surface area contributed by atoms with E-state index in [-0.39, 0.29) is 30.4 Å². The van der Waals surface area contributed by atoms with Crippen molar-refractivity contribution in [3.63, 3.8) is 0 Å². The zero-order valence-corrected chi connectivity index (χ0v) is 17.5. The van der Waals surface area contributed by atoms with E-state index in [1.54, 1.807) is 7.11 Å². The molecule has 1 aliphatic rings. The second kappa shape index (κ2) is 15.9. The highest BCUT2D eigenvalue weighted by Crippen LogP contribution is 2.32. The van der Waals surface area contributed by atoms with Crippen LogP contribution in [0.4, 0.5) is 0 Å². The van der Waals surface area contributed by atoms with Gasteiger partial charge in [-0.15, -0.1) is 0 Å². The van der Waals surface area contributed by atoms with Crippen molar-refractivity contribution in [1.82, 2.24) is 0 Å². The van der Waals surface area contributed by atoms with E-state index >= 15 is 0 Å². The lowest BCUT2D eigenvalue weighted by Gasteiger charge is -2.28. The summed E-state index contributed by atoms with van der Waals surface area (Å²) in [5.41, 5.74) is 0. The minimum atomic E-state index is -0.355. The molecule has 0 aromatic carbocycles. The molecular formula is C22H40O5. The third-order valence-electron chi connectivity index (χ3n) is 5.40. The van der Waals surface area contributed by atoms with Crippen LogP contribution < -0.4 is 0 Å². The third-order valence-corrected chi connectivity index (χ3v) is 5.40. The van der Waals surface area contributed by atoms with E-state index in [4.69, 9.17) is 14.2 Å². The van der Waals surface area contributed by atoms with Gasteiger partial charge in [-0.1, -0.05) is 71.1 Å². The maximum absolute atomic E-state index is 12.4. The van der Waals surface area contributed by atoms with Crippen LogP contribution in [0.15, 0.2) is 0 Å². The van der Waals surface area contributed by atoms with E-state index in [0.29, 0.717) is 19.6 Å². The summed E-state index contributed by atoms with van der Waals surface area (Å²) in [6, 6.07) is 0. The van der Waals surface area contributed by atoms with Gasteiger partial charge >= 0.3 is 11.9 Å². The summed E-state index contributed by atoms with van der Waals surface area (Å²) in [5.74, 6) is -1.20. The summed E-state index contributed by atoms with van der Waals surface area (Å²) >= 11 is 0. The van der Waals surface area contributed by atoms with Crippen LogP contribution >= 0.6 is 0 Å². The number of carbonyl (C=O) groups is 2. The number of esters is 2. The zero-order valence-electron chi connectivity index (χ0n) is 17.5. The maximum atomic E-state index is 12.4. The van der Waals surface area contributed by atoms with Gasteiger partial charge < -0.3 is 14.2 Å². The lowest BCUT2D eigenvalue weighted by atomic mass is 9.79. The van der Waals surface area contributed by atoms with E-state index < -0.39 is 0 Å². The monoisotopic (exact) mass is 384 g/mol. The molecule has 0 spiro atoms. The predicted molar refractivity (Wildman–Crippen MR) is 106 cm³/mol. The van der Waals surface area contributed by atoms with Crippen LogP contribution in [0.5, 0.6) is 0 Å². The summed E-state index contributed by atoms with van der Waals surface area (Å²) < 4.78 is 15.6. The van der Waals surface area contributed by atoms with Crippen molar-refractivity contribution < 1.29 is 23.8 Å². The average molecular weight is 385 g/mol. The summed E-state index contributed by atoms with van der Waals surface area (Å²) in [5, 5.41) is 0. The number of unbranched alkanes of at least 4 members (excludes halogenated alkanes) is 8. The Morgan fingerprint density at radius 3 is 1.70 bits per heavy atom. The van der Waals surface area contributed by atoms with Crippen LogP contribution in [-0.2, 0) is 23.8 Å². The molecule has 0 radical (unpaired) electrons. The summed E-state index contributed by atoms with van der Waals surface area (Å²) in [4.78, 5) is 24.7. The molecule has 27 heavy (non-hydrogen) atoms. The van der Waals surface area contributed by atoms with Crippen LogP contribution in [0, 0.1) is 11.8 Å². The molecular weight excluding hydrogens is 344 g/mol. The van der Waals surface area contributed by atoms with Gasteiger partial charge in [-0.2, -0.15) is 0 Å². The molecule has 1 rings (SSSR count). The Bertz CT molecular complexity index is 396. The van der Waals surface area contributed by atoms with Gasteiger partial charge in [-0.05, 0) is 19.3 Å². The molecule has 0 aromatic rings. The van der Waals surface area contributed by atoms with Gasteiger partial charge in [0.15, 0.2) is 0 Å². The second-order valence-corrected chi connectivity index (χ2v) is 7.65. The minimum absolute atomic E-state index is 0.219. The van der Waals surface area contributed by atoms with Gasteiger partial charge in [0, 0.05) is 7.11 Å². The molecule has 0 aromatic heterocycles. The van der Waals surface area contributed by atoms with Crippen molar-refractivity contribution in [2.24, 2.45) is 11.8 Å². The quantitative estimate of drug-likeness (QED) is 0.292. The Kier molecular flexibility index (Phi) is 14.1. The second-order valence-electron chi connectivity index (χ2n) is 7.65. The standard InChI is InChI=1S/C22H40O5/c1-3-4-5-6-7-8-9-10-13-16-26-21(23)19-14-11-12-15-20(19)22(24)27-18-17-25-2/h19-20H,3-18H2,1-2H3. The Morgan fingerprint density at radius 1 is 0.704 bits per heavy atom. The molecule has 0 N–H and O–H groups in total. The van der Waals surface area contributed by atoms with Crippen LogP contribution in [0.25, 0.3) is 0 Å². The number of carbonyl (C=O) groups excluding carboxylic acids is 2. The molecule has 0 saturated heterocycles. The molecule has 0 heterocycles. The first kappa shape index (κ1) is 23.9. The fourth-order valence-electron chi connectivity index (χ4n) is 3.72. The number of hydrogen-bond donors (Lipinski definition) is 0. The van der Waals surface area contributed by atoms with Gasteiger partial charge in [0.1, 0.15) is 6.61 Å². The Morgan fingerprint density at radius 2 is 1.19 bits per heavy atom. The fourth-order valence-corrected chi connectivity index (χ4v) is 3.72. The molecule has 1 fully saturated rings.